The molecule has 0 spiro atoms. The van der Waals surface area contributed by atoms with Crippen LogP contribution in [0.15, 0.2) is 65.8 Å². The molecule has 3 N–H and O–H groups in total. The molecule has 8 heteroatoms. The Morgan fingerprint density at radius 1 is 0.968 bits per heavy atom. The minimum atomic E-state index is -0.932. The Bertz CT molecular complexity index is 1050. The Labute approximate surface area is 185 Å². The molecule has 1 fully saturated rings. The second-order valence-electron chi connectivity index (χ2n) is 7.69. The van der Waals surface area contributed by atoms with Gasteiger partial charge in [-0.25, -0.2) is 0 Å². The van der Waals surface area contributed by atoms with Crippen molar-refractivity contribution in [3.05, 3.63) is 60.7 Å². The van der Waals surface area contributed by atoms with Crippen molar-refractivity contribution in [1.29, 1.82) is 0 Å². The van der Waals surface area contributed by atoms with Gasteiger partial charge in [0, 0.05) is 11.3 Å². The second-order valence-corrected chi connectivity index (χ2v) is 8.63. The molecule has 0 aliphatic heterocycles. The van der Waals surface area contributed by atoms with Crippen molar-refractivity contribution in [2.45, 2.75) is 42.8 Å². The molecule has 4 rings (SSSR count). The molecular formula is C23H25N5O2S. The molecule has 1 aliphatic carbocycles. The molecule has 2 amide bonds. The molecule has 0 bridgehead atoms. The maximum Gasteiger partial charge on any atom is 0.243 e. The molecule has 1 saturated carbocycles. The van der Waals surface area contributed by atoms with Gasteiger partial charge in [-0.1, -0.05) is 79.6 Å². The third kappa shape index (κ3) is 4.64. The van der Waals surface area contributed by atoms with Crippen LogP contribution in [0.1, 0.15) is 32.1 Å². The minimum Gasteiger partial charge on any atom is -0.368 e. The van der Waals surface area contributed by atoms with Crippen LogP contribution in [-0.4, -0.2) is 37.9 Å². The molecule has 1 heterocycles. The quantitative estimate of drug-likeness (QED) is 0.554. The van der Waals surface area contributed by atoms with E-state index in [2.05, 4.69) is 15.5 Å². The highest BCUT2D eigenvalue weighted by Gasteiger charge is 2.39. The molecule has 160 valence electrons. The number of benzene rings is 2. The first-order valence-electron chi connectivity index (χ1n) is 10.4. The molecule has 1 aromatic heterocycles. The standard InChI is InChI=1S/C23H25N5O2S/c24-21(30)23(14-8-3-9-15-23)25-19(29)16-31-22-27-26-20(17-10-4-1-5-11-17)28(22)18-12-6-2-7-13-18/h1-2,4-7,10-13H,3,8-9,14-16H2,(H2,24,30)(H,25,29). The number of thioether (sulfide) groups is 1. The SMILES string of the molecule is NC(=O)C1(NC(=O)CSc2nnc(-c3ccccc3)n2-c2ccccc2)CCCCC1. The van der Waals surface area contributed by atoms with E-state index in [1.54, 1.807) is 0 Å². The minimum absolute atomic E-state index is 0.120. The third-order valence-electron chi connectivity index (χ3n) is 5.57. The van der Waals surface area contributed by atoms with E-state index in [0.29, 0.717) is 23.8 Å². The van der Waals surface area contributed by atoms with Gasteiger partial charge in [-0.05, 0) is 25.0 Å². The van der Waals surface area contributed by atoms with Crippen LogP contribution < -0.4 is 11.1 Å². The summed E-state index contributed by atoms with van der Waals surface area (Å²) in [4.78, 5) is 24.8. The van der Waals surface area contributed by atoms with Gasteiger partial charge >= 0.3 is 0 Å². The average molecular weight is 436 g/mol. The van der Waals surface area contributed by atoms with Crippen molar-refractivity contribution in [1.82, 2.24) is 20.1 Å². The Morgan fingerprint density at radius 2 is 1.61 bits per heavy atom. The van der Waals surface area contributed by atoms with E-state index in [4.69, 9.17) is 5.73 Å². The van der Waals surface area contributed by atoms with Crippen LogP contribution in [0, 0.1) is 0 Å². The summed E-state index contributed by atoms with van der Waals surface area (Å²) in [5.41, 5.74) is 6.55. The number of carbonyl (C=O) groups is 2. The second kappa shape index (κ2) is 9.34. The largest absolute Gasteiger partial charge is 0.368 e. The maximum absolute atomic E-state index is 12.7. The number of aromatic nitrogens is 3. The van der Waals surface area contributed by atoms with Gasteiger partial charge < -0.3 is 11.1 Å². The van der Waals surface area contributed by atoms with Crippen LogP contribution in [0.4, 0.5) is 0 Å². The van der Waals surface area contributed by atoms with Crippen LogP contribution in [-0.2, 0) is 9.59 Å². The van der Waals surface area contributed by atoms with Crippen molar-refractivity contribution < 1.29 is 9.59 Å². The molecule has 1 aliphatic rings. The average Bonchev–Trinajstić information content (AvgIpc) is 3.23. The van der Waals surface area contributed by atoms with Crippen molar-refractivity contribution >= 4 is 23.6 Å². The molecular weight excluding hydrogens is 410 g/mol. The highest BCUT2D eigenvalue weighted by atomic mass is 32.2. The van der Waals surface area contributed by atoms with Crippen LogP contribution in [0.2, 0.25) is 0 Å². The molecule has 3 aromatic rings. The zero-order chi connectivity index (χ0) is 21.7. The third-order valence-corrected chi connectivity index (χ3v) is 6.50. The summed E-state index contributed by atoms with van der Waals surface area (Å²) in [7, 11) is 0. The van der Waals surface area contributed by atoms with E-state index in [1.165, 1.54) is 11.8 Å². The summed E-state index contributed by atoms with van der Waals surface area (Å²) in [6.45, 7) is 0. The summed E-state index contributed by atoms with van der Waals surface area (Å²) in [6, 6.07) is 19.6. The fourth-order valence-corrected chi connectivity index (χ4v) is 4.72. The van der Waals surface area contributed by atoms with Crippen LogP contribution >= 0.6 is 11.8 Å². The number of hydrogen-bond donors (Lipinski definition) is 2. The predicted octanol–water partition coefficient (Wildman–Crippen LogP) is 3.33. The molecule has 31 heavy (non-hydrogen) atoms. The number of nitrogens with one attached hydrogen (secondary N) is 1. The van der Waals surface area contributed by atoms with E-state index in [1.807, 2.05) is 65.2 Å². The molecule has 7 nitrogen and oxygen atoms in total. The van der Waals surface area contributed by atoms with E-state index >= 15 is 0 Å². The molecule has 2 aromatic carbocycles. The van der Waals surface area contributed by atoms with Crippen LogP contribution in [0.5, 0.6) is 0 Å². The highest BCUT2D eigenvalue weighted by Crippen LogP contribution is 2.30. The zero-order valence-corrected chi connectivity index (χ0v) is 18.0. The Hall–Kier alpha value is -3.13. The lowest BCUT2D eigenvalue weighted by Gasteiger charge is -2.35. The first-order valence-corrected chi connectivity index (χ1v) is 11.4. The summed E-state index contributed by atoms with van der Waals surface area (Å²) in [5.74, 6) is 0.143. The normalized spacial score (nSPS) is 15.4. The van der Waals surface area contributed by atoms with E-state index in [0.717, 1.165) is 30.5 Å². The van der Waals surface area contributed by atoms with E-state index < -0.39 is 11.4 Å². The van der Waals surface area contributed by atoms with Crippen LogP contribution in [0.25, 0.3) is 17.1 Å². The van der Waals surface area contributed by atoms with Crippen LogP contribution in [0.3, 0.4) is 0 Å². The van der Waals surface area contributed by atoms with Gasteiger partial charge in [-0.2, -0.15) is 0 Å². The first-order chi connectivity index (χ1) is 15.1. The fraction of sp³-hybridized carbons (Fsp3) is 0.304. The van der Waals surface area contributed by atoms with Gasteiger partial charge in [-0.3, -0.25) is 14.2 Å². The zero-order valence-electron chi connectivity index (χ0n) is 17.2. The van der Waals surface area contributed by atoms with Crippen molar-refractivity contribution in [2.24, 2.45) is 5.73 Å². The fourth-order valence-electron chi connectivity index (χ4n) is 3.97. The van der Waals surface area contributed by atoms with Gasteiger partial charge in [-0.15, -0.1) is 10.2 Å². The first kappa shape index (κ1) is 21.1. The topological polar surface area (TPSA) is 103 Å². The van der Waals surface area contributed by atoms with Crippen molar-refractivity contribution in [3.63, 3.8) is 0 Å². The molecule has 0 radical (unpaired) electrons. The summed E-state index contributed by atoms with van der Waals surface area (Å²) in [5, 5.41) is 12.2. The number of hydrogen-bond acceptors (Lipinski definition) is 5. The lowest BCUT2D eigenvalue weighted by atomic mass is 9.81. The Morgan fingerprint density at radius 3 is 2.26 bits per heavy atom. The number of para-hydroxylation sites is 1. The monoisotopic (exact) mass is 435 g/mol. The molecule has 0 atom stereocenters. The van der Waals surface area contributed by atoms with E-state index in [9.17, 15) is 9.59 Å². The molecule has 0 saturated heterocycles. The smallest absolute Gasteiger partial charge is 0.243 e. The number of amides is 2. The number of nitrogens with two attached hydrogens (primary N) is 1. The highest BCUT2D eigenvalue weighted by molar-refractivity contribution is 7.99. The molecule has 0 unspecified atom stereocenters. The van der Waals surface area contributed by atoms with Gasteiger partial charge in [0.05, 0.1) is 5.75 Å². The number of nitrogens with zero attached hydrogens (tertiary/aromatic N) is 3. The van der Waals surface area contributed by atoms with Gasteiger partial charge in [0.15, 0.2) is 11.0 Å². The number of rotatable bonds is 7. The predicted molar refractivity (Wildman–Crippen MR) is 121 cm³/mol. The lowest BCUT2D eigenvalue weighted by Crippen LogP contribution is -2.58. The summed E-state index contributed by atoms with van der Waals surface area (Å²) >= 11 is 1.29. The van der Waals surface area contributed by atoms with Gasteiger partial charge in [0.2, 0.25) is 11.8 Å². The summed E-state index contributed by atoms with van der Waals surface area (Å²) < 4.78 is 1.94. The maximum atomic E-state index is 12.7. The summed E-state index contributed by atoms with van der Waals surface area (Å²) in [6.07, 6.45) is 4.02. The Kier molecular flexibility index (Phi) is 6.36. The lowest BCUT2D eigenvalue weighted by molar-refractivity contribution is -0.131. The van der Waals surface area contributed by atoms with Crippen molar-refractivity contribution in [3.8, 4) is 17.1 Å². The number of carbonyl (C=O) groups excluding carboxylic acids is 2. The Balaban J connectivity index is 1.55. The van der Waals surface area contributed by atoms with Crippen molar-refractivity contribution in [2.75, 3.05) is 5.75 Å². The van der Waals surface area contributed by atoms with Gasteiger partial charge in [0.25, 0.3) is 0 Å². The van der Waals surface area contributed by atoms with E-state index in [-0.39, 0.29) is 11.7 Å². The number of primary amides is 1. The van der Waals surface area contributed by atoms with Gasteiger partial charge in [0.1, 0.15) is 5.54 Å².